The van der Waals surface area contributed by atoms with E-state index in [0.717, 1.165) is 96.3 Å². The number of hydrogen-bond donors (Lipinski definition) is 0. The first-order valence-electron chi connectivity index (χ1n) is 27.0. The van der Waals surface area contributed by atoms with Gasteiger partial charge in [-0.1, -0.05) is 232 Å². The molecule has 0 aliphatic heterocycles. The molecule has 0 aliphatic carbocycles. The molecule has 0 amide bonds. The van der Waals surface area contributed by atoms with Crippen molar-refractivity contribution >= 4 is 17.9 Å². The minimum atomic E-state index is -0.832. The van der Waals surface area contributed by atoms with Crippen LogP contribution in [0.25, 0.3) is 0 Å². The lowest BCUT2D eigenvalue weighted by Crippen LogP contribution is -2.30. The molecule has 0 N–H and O–H groups in total. The fourth-order valence-corrected chi connectivity index (χ4v) is 6.99. The van der Waals surface area contributed by atoms with E-state index in [-0.39, 0.29) is 44.0 Å². The Balaban J connectivity index is 4.57. The number of hydrogen-bond acceptors (Lipinski definition) is 6. The van der Waals surface area contributed by atoms with Crippen molar-refractivity contribution in [3.8, 4) is 0 Å². The molecule has 0 saturated heterocycles. The monoisotopic (exact) mass is 927 g/mol. The highest BCUT2D eigenvalue weighted by molar-refractivity contribution is 5.71. The SMILES string of the molecule is CC/C=C\C/C=C\C/C=C\C/C=C\C/C=C\C/C=C\CCC(=O)OCC(COC(=O)CCCCCCCCCCCCCCCCC)OC(=O)CCCC/C=C\C/C=C\C/C=C\C/C=C\CC. The second-order valence-electron chi connectivity index (χ2n) is 17.4. The largest absolute Gasteiger partial charge is 0.462 e. The van der Waals surface area contributed by atoms with E-state index in [9.17, 15) is 14.4 Å². The Hall–Kier alpha value is -4.19. The average Bonchev–Trinajstić information content (AvgIpc) is 3.33. The molecule has 378 valence electrons. The van der Waals surface area contributed by atoms with E-state index in [1.54, 1.807) is 0 Å². The van der Waals surface area contributed by atoms with Crippen LogP contribution < -0.4 is 0 Å². The van der Waals surface area contributed by atoms with E-state index in [2.05, 4.69) is 130 Å². The van der Waals surface area contributed by atoms with Crippen LogP contribution in [0.15, 0.2) is 122 Å². The molecule has 6 nitrogen and oxygen atoms in total. The van der Waals surface area contributed by atoms with Crippen molar-refractivity contribution in [1.82, 2.24) is 0 Å². The quantitative estimate of drug-likeness (QED) is 0.0262. The fraction of sp³-hybridized carbons (Fsp3) is 0.623. The number of ether oxygens (including phenoxy) is 3. The van der Waals surface area contributed by atoms with E-state index >= 15 is 0 Å². The summed E-state index contributed by atoms with van der Waals surface area (Å²) in [5, 5.41) is 0. The molecule has 0 aromatic rings. The smallest absolute Gasteiger partial charge is 0.306 e. The van der Waals surface area contributed by atoms with Crippen molar-refractivity contribution in [1.29, 1.82) is 0 Å². The average molecular weight is 927 g/mol. The lowest BCUT2D eigenvalue weighted by Gasteiger charge is -2.18. The summed E-state index contributed by atoms with van der Waals surface area (Å²) in [6.07, 6.45) is 74.8. The number of carbonyl (C=O) groups excluding carboxylic acids is 3. The maximum atomic E-state index is 12.8. The summed E-state index contributed by atoms with van der Waals surface area (Å²) in [4.78, 5) is 38.0. The van der Waals surface area contributed by atoms with E-state index in [4.69, 9.17) is 14.2 Å². The van der Waals surface area contributed by atoms with Gasteiger partial charge < -0.3 is 14.2 Å². The van der Waals surface area contributed by atoms with Gasteiger partial charge in [-0.05, 0) is 96.3 Å². The first-order valence-corrected chi connectivity index (χ1v) is 27.0. The minimum absolute atomic E-state index is 0.119. The Labute approximate surface area is 412 Å². The summed E-state index contributed by atoms with van der Waals surface area (Å²) < 4.78 is 16.7. The Morgan fingerprint density at radius 2 is 0.612 bits per heavy atom. The summed E-state index contributed by atoms with van der Waals surface area (Å²) in [5.74, 6) is -1.05. The molecule has 0 bridgehead atoms. The van der Waals surface area contributed by atoms with Crippen LogP contribution in [0, 0.1) is 0 Å². The van der Waals surface area contributed by atoms with Crippen LogP contribution in [0.4, 0.5) is 0 Å². The third-order valence-electron chi connectivity index (χ3n) is 11.0. The van der Waals surface area contributed by atoms with E-state index in [1.807, 2.05) is 12.2 Å². The second kappa shape index (κ2) is 54.4. The van der Waals surface area contributed by atoms with Crippen LogP contribution in [-0.4, -0.2) is 37.2 Å². The van der Waals surface area contributed by atoms with Gasteiger partial charge in [-0.3, -0.25) is 14.4 Å². The summed E-state index contributed by atoms with van der Waals surface area (Å²) in [7, 11) is 0. The number of rotatable bonds is 47. The van der Waals surface area contributed by atoms with Gasteiger partial charge in [-0.2, -0.15) is 0 Å². The van der Waals surface area contributed by atoms with Crippen LogP contribution >= 0.6 is 0 Å². The lowest BCUT2D eigenvalue weighted by molar-refractivity contribution is -0.166. The third-order valence-corrected chi connectivity index (χ3v) is 11.0. The molecule has 67 heavy (non-hydrogen) atoms. The summed E-state index contributed by atoms with van der Waals surface area (Å²) in [6, 6.07) is 0. The van der Waals surface area contributed by atoms with Crippen molar-refractivity contribution < 1.29 is 28.6 Å². The summed E-state index contributed by atoms with van der Waals surface area (Å²) in [6.45, 7) is 6.30. The van der Waals surface area contributed by atoms with Gasteiger partial charge >= 0.3 is 17.9 Å². The van der Waals surface area contributed by atoms with E-state index < -0.39 is 6.10 Å². The van der Waals surface area contributed by atoms with Crippen molar-refractivity contribution in [2.24, 2.45) is 0 Å². The molecule has 0 saturated carbocycles. The molecule has 0 rings (SSSR count). The second-order valence-corrected chi connectivity index (χ2v) is 17.4. The summed E-state index contributed by atoms with van der Waals surface area (Å²) >= 11 is 0. The molecule has 1 atom stereocenters. The molecule has 0 aromatic carbocycles. The van der Waals surface area contributed by atoms with Crippen molar-refractivity contribution in [2.45, 2.75) is 232 Å². The highest BCUT2D eigenvalue weighted by Crippen LogP contribution is 2.14. The topological polar surface area (TPSA) is 78.9 Å². The molecule has 0 heterocycles. The number of allylic oxidation sites excluding steroid dienone is 20. The molecule has 0 radical (unpaired) electrons. The van der Waals surface area contributed by atoms with Crippen LogP contribution in [0.2, 0.25) is 0 Å². The van der Waals surface area contributed by atoms with E-state index in [0.29, 0.717) is 19.3 Å². The molecular weight excluding hydrogens is 829 g/mol. The molecular formula is C61H98O6. The number of esters is 3. The molecule has 1 unspecified atom stereocenters. The Bertz CT molecular complexity index is 1440. The maximum absolute atomic E-state index is 12.8. The zero-order valence-electron chi connectivity index (χ0n) is 43.1. The van der Waals surface area contributed by atoms with Gasteiger partial charge in [-0.25, -0.2) is 0 Å². The number of carbonyl (C=O) groups is 3. The number of unbranched alkanes of at least 4 members (excludes halogenated alkanes) is 16. The van der Waals surface area contributed by atoms with Crippen LogP contribution in [-0.2, 0) is 28.6 Å². The molecule has 6 heteroatoms. The predicted octanol–water partition coefficient (Wildman–Crippen LogP) is 18.1. The first kappa shape index (κ1) is 62.8. The zero-order chi connectivity index (χ0) is 48.6. The molecule has 0 fully saturated rings. The van der Waals surface area contributed by atoms with Crippen LogP contribution in [0.3, 0.4) is 0 Å². The summed E-state index contributed by atoms with van der Waals surface area (Å²) in [5.41, 5.74) is 0. The van der Waals surface area contributed by atoms with Gasteiger partial charge in [0.1, 0.15) is 13.2 Å². The van der Waals surface area contributed by atoms with Crippen LogP contribution in [0.5, 0.6) is 0 Å². The third kappa shape index (κ3) is 52.6. The van der Waals surface area contributed by atoms with Gasteiger partial charge in [0, 0.05) is 19.3 Å². The normalized spacial score (nSPS) is 13.1. The maximum Gasteiger partial charge on any atom is 0.306 e. The fourth-order valence-electron chi connectivity index (χ4n) is 6.99. The Kier molecular flexibility index (Phi) is 51.0. The predicted molar refractivity (Wildman–Crippen MR) is 288 cm³/mol. The highest BCUT2D eigenvalue weighted by atomic mass is 16.6. The lowest BCUT2D eigenvalue weighted by atomic mass is 10.0. The van der Waals surface area contributed by atoms with Gasteiger partial charge in [-0.15, -0.1) is 0 Å². The van der Waals surface area contributed by atoms with Crippen molar-refractivity contribution in [2.75, 3.05) is 13.2 Å². The first-order chi connectivity index (χ1) is 33.0. The van der Waals surface area contributed by atoms with Crippen molar-refractivity contribution in [3.63, 3.8) is 0 Å². The zero-order valence-corrected chi connectivity index (χ0v) is 43.1. The standard InChI is InChI=1S/C61H98O6/c1-4-7-10-13-16-19-22-25-28-29-30-31-34-36-39-42-45-48-51-54-60(63)66-57-58(67-61(64)55-52-49-46-43-40-37-33-27-24-21-18-15-12-9-6-3)56-65-59(62)53-50-47-44-41-38-35-32-26-23-20-17-14-11-8-5-2/h7,9-10,12,16,18-19,21,25,27-28,30-31,33,36,39-40,43,45,48,58H,4-6,8,11,13-15,17,20,22-24,26,29,32,34-35,37-38,41-42,44,46-47,49-57H2,1-3H3/b10-7-,12-9-,19-16-,21-18-,28-25-,31-30-,33-27-,39-36-,43-40-,48-45-. The molecule has 0 aliphatic rings. The van der Waals surface area contributed by atoms with Crippen molar-refractivity contribution in [3.05, 3.63) is 122 Å². The van der Waals surface area contributed by atoms with Gasteiger partial charge in [0.2, 0.25) is 0 Å². The van der Waals surface area contributed by atoms with Crippen LogP contribution in [0.1, 0.15) is 226 Å². The van der Waals surface area contributed by atoms with Gasteiger partial charge in [0.05, 0.1) is 0 Å². The minimum Gasteiger partial charge on any atom is -0.462 e. The highest BCUT2D eigenvalue weighted by Gasteiger charge is 2.19. The Morgan fingerprint density at radius 1 is 0.313 bits per heavy atom. The van der Waals surface area contributed by atoms with Gasteiger partial charge in [0.15, 0.2) is 6.10 Å². The Morgan fingerprint density at radius 3 is 1.00 bits per heavy atom. The van der Waals surface area contributed by atoms with E-state index in [1.165, 1.54) is 77.0 Å². The van der Waals surface area contributed by atoms with Gasteiger partial charge in [0.25, 0.3) is 0 Å². The molecule has 0 aromatic heterocycles. The molecule has 0 spiro atoms.